The third-order valence-electron chi connectivity index (χ3n) is 6.09. The van der Waals surface area contributed by atoms with E-state index in [9.17, 15) is 14.9 Å². The number of nitrogens with two attached hydrogens (primary N) is 1. The molecule has 9 heteroatoms. The number of anilines is 1. The van der Waals surface area contributed by atoms with Gasteiger partial charge in [-0.1, -0.05) is 29.8 Å². The number of carbonyl (C=O) groups excluding carboxylic acids is 2. The summed E-state index contributed by atoms with van der Waals surface area (Å²) < 4.78 is 17.5. The minimum absolute atomic E-state index is 0.0325. The number of ether oxygens (including phenoxy) is 3. The van der Waals surface area contributed by atoms with Gasteiger partial charge in [0.25, 0.3) is 5.91 Å². The van der Waals surface area contributed by atoms with Crippen molar-refractivity contribution >= 4 is 33.3 Å². The molecule has 1 aliphatic heterocycles. The number of ketones is 1. The van der Waals surface area contributed by atoms with Crippen LogP contribution in [-0.2, 0) is 14.3 Å². The maximum Gasteiger partial charge on any atom is 0.262 e. The molecule has 0 radical (unpaired) electrons. The highest BCUT2D eigenvalue weighted by atomic mass is 79.9. The second kappa shape index (κ2) is 10.1. The number of benzene rings is 2. The van der Waals surface area contributed by atoms with Gasteiger partial charge in [-0.2, -0.15) is 5.26 Å². The Hall–Kier alpha value is -3.77. The van der Waals surface area contributed by atoms with Crippen molar-refractivity contribution in [2.45, 2.75) is 32.6 Å². The fourth-order valence-corrected chi connectivity index (χ4v) is 4.87. The molecular weight excluding hydrogens is 526 g/mol. The van der Waals surface area contributed by atoms with Crippen molar-refractivity contribution in [3.05, 3.63) is 75.3 Å². The molecule has 1 unspecified atom stereocenters. The number of amides is 1. The predicted octanol–water partition coefficient (Wildman–Crippen LogP) is 4.93. The summed E-state index contributed by atoms with van der Waals surface area (Å²) in [5, 5.41) is 12.7. The number of hydrogen-bond acceptors (Lipinski definition) is 7. The zero-order chi connectivity index (χ0) is 26.0. The normalized spacial score (nSPS) is 18.6. The van der Waals surface area contributed by atoms with Crippen LogP contribution in [0, 0.1) is 16.7 Å². The Bertz CT molecular complexity index is 1320. The molecule has 0 spiro atoms. The van der Waals surface area contributed by atoms with E-state index in [4.69, 9.17) is 19.9 Å². The molecule has 2 aliphatic rings. The van der Waals surface area contributed by atoms with Gasteiger partial charge in [0.1, 0.15) is 28.9 Å². The second-order valence-corrected chi connectivity index (χ2v) is 10.4. The van der Waals surface area contributed by atoms with E-state index >= 15 is 0 Å². The van der Waals surface area contributed by atoms with Gasteiger partial charge in [-0.25, -0.2) is 0 Å². The third kappa shape index (κ3) is 5.24. The van der Waals surface area contributed by atoms with E-state index in [1.165, 1.54) is 0 Å². The summed E-state index contributed by atoms with van der Waals surface area (Å²) in [6, 6.07) is 14.3. The quantitative estimate of drug-likeness (QED) is 0.521. The smallest absolute Gasteiger partial charge is 0.262 e. The summed E-state index contributed by atoms with van der Waals surface area (Å²) in [5.41, 5.74) is 7.53. The van der Waals surface area contributed by atoms with Gasteiger partial charge < -0.3 is 25.3 Å². The Morgan fingerprint density at radius 3 is 2.64 bits per heavy atom. The van der Waals surface area contributed by atoms with Crippen LogP contribution in [-0.4, -0.2) is 25.4 Å². The molecule has 2 aromatic carbocycles. The highest BCUT2D eigenvalue weighted by molar-refractivity contribution is 9.10. The maximum absolute atomic E-state index is 13.3. The van der Waals surface area contributed by atoms with Gasteiger partial charge in [0.15, 0.2) is 12.4 Å². The minimum Gasteiger partial charge on any atom is -0.497 e. The van der Waals surface area contributed by atoms with E-state index in [0.29, 0.717) is 46.9 Å². The van der Waals surface area contributed by atoms with Crippen LogP contribution < -0.4 is 20.5 Å². The van der Waals surface area contributed by atoms with Crippen LogP contribution in [0.3, 0.4) is 0 Å². The molecule has 186 valence electrons. The van der Waals surface area contributed by atoms with Crippen LogP contribution in [0.5, 0.6) is 11.5 Å². The lowest BCUT2D eigenvalue weighted by atomic mass is 9.70. The Morgan fingerprint density at radius 2 is 1.97 bits per heavy atom. The van der Waals surface area contributed by atoms with E-state index in [0.717, 1.165) is 4.47 Å². The van der Waals surface area contributed by atoms with Crippen LogP contribution >= 0.6 is 15.9 Å². The molecule has 4 rings (SSSR count). The van der Waals surface area contributed by atoms with Gasteiger partial charge in [0.05, 0.1) is 13.0 Å². The summed E-state index contributed by atoms with van der Waals surface area (Å²) in [6.07, 6.45) is 0.831. The summed E-state index contributed by atoms with van der Waals surface area (Å²) in [4.78, 5) is 25.8. The molecule has 0 bridgehead atoms. The van der Waals surface area contributed by atoms with Crippen molar-refractivity contribution in [2.24, 2.45) is 11.1 Å². The number of Topliss-reactive ketones (excluding diaryl/α,β-unsaturated/α-hetero) is 1. The zero-order valence-electron chi connectivity index (χ0n) is 20.2. The van der Waals surface area contributed by atoms with Gasteiger partial charge in [-0.15, -0.1) is 0 Å². The molecule has 3 N–H and O–H groups in total. The largest absolute Gasteiger partial charge is 0.497 e. The number of nitrogens with zero attached hydrogens (tertiary/aromatic N) is 1. The lowest BCUT2D eigenvalue weighted by molar-refractivity contribution is -0.119. The van der Waals surface area contributed by atoms with Crippen molar-refractivity contribution in [1.29, 1.82) is 5.26 Å². The van der Waals surface area contributed by atoms with Crippen molar-refractivity contribution < 1.29 is 23.8 Å². The first kappa shape index (κ1) is 25.3. The first-order valence-electron chi connectivity index (χ1n) is 11.3. The number of allylic oxidation sites excluding steroid dienone is 3. The van der Waals surface area contributed by atoms with E-state index in [1.807, 2.05) is 13.8 Å². The van der Waals surface area contributed by atoms with Crippen LogP contribution in [0.15, 0.2) is 69.7 Å². The Labute approximate surface area is 217 Å². The number of nitriles is 1. The molecule has 1 amide bonds. The number of nitrogens with one attached hydrogen (secondary N) is 1. The second-order valence-electron chi connectivity index (χ2n) is 9.45. The highest BCUT2D eigenvalue weighted by Gasteiger charge is 2.43. The van der Waals surface area contributed by atoms with E-state index in [1.54, 1.807) is 49.6 Å². The van der Waals surface area contributed by atoms with Gasteiger partial charge in [-0.05, 0) is 47.9 Å². The lowest BCUT2D eigenvalue weighted by Crippen LogP contribution is -2.33. The van der Waals surface area contributed by atoms with E-state index in [-0.39, 0.29) is 35.2 Å². The summed E-state index contributed by atoms with van der Waals surface area (Å²) in [5.74, 6) is 0.243. The van der Waals surface area contributed by atoms with E-state index < -0.39 is 5.92 Å². The first-order valence-corrected chi connectivity index (χ1v) is 12.1. The van der Waals surface area contributed by atoms with Gasteiger partial charge in [-0.3, -0.25) is 9.59 Å². The predicted molar refractivity (Wildman–Crippen MR) is 137 cm³/mol. The fourth-order valence-electron chi connectivity index (χ4n) is 4.49. The van der Waals surface area contributed by atoms with Crippen LogP contribution in [0.4, 0.5) is 5.69 Å². The molecule has 1 heterocycles. The van der Waals surface area contributed by atoms with Gasteiger partial charge in [0.2, 0.25) is 5.88 Å². The summed E-state index contributed by atoms with van der Waals surface area (Å²) >= 11 is 3.47. The number of halogens is 1. The number of hydrogen-bond donors (Lipinski definition) is 2. The molecule has 0 saturated heterocycles. The number of methoxy groups -OCH3 is 1. The standard InChI is InChI=1S/C27H26BrN3O5/c1-27(2)11-20(32)25-22(12-27)36-26(30)19(13-29)24(25)18-10-15(28)4-9-21(18)35-14-23(33)31-16-5-7-17(34-3)8-6-16/h4-10,24H,11-12,14,30H2,1-3H3,(H,31,33). The molecule has 0 saturated carbocycles. The van der Waals surface area contributed by atoms with Crippen molar-refractivity contribution in [2.75, 3.05) is 19.0 Å². The SMILES string of the molecule is COc1ccc(NC(=O)COc2ccc(Br)cc2C2C(C#N)=C(N)OC3=C2C(=O)CC(C)(C)C3)cc1. The average Bonchev–Trinajstić information content (AvgIpc) is 2.82. The van der Waals surface area contributed by atoms with Crippen molar-refractivity contribution in [1.82, 2.24) is 0 Å². The van der Waals surface area contributed by atoms with Crippen LogP contribution in [0.1, 0.15) is 38.2 Å². The van der Waals surface area contributed by atoms with E-state index in [2.05, 4.69) is 27.3 Å². The lowest BCUT2D eigenvalue weighted by Gasteiger charge is -2.37. The molecule has 1 aliphatic carbocycles. The number of carbonyl (C=O) groups is 2. The van der Waals surface area contributed by atoms with Gasteiger partial charge in [0, 0.05) is 34.1 Å². The molecule has 1 atom stereocenters. The minimum atomic E-state index is -0.764. The Balaban J connectivity index is 1.64. The number of rotatable bonds is 6. The maximum atomic E-state index is 13.3. The summed E-state index contributed by atoms with van der Waals surface area (Å²) in [7, 11) is 1.57. The van der Waals surface area contributed by atoms with Crippen molar-refractivity contribution in [3.8, 4) is 17.6 Å². The Morgan fingerprint density at radius 1 is 1.25 bits per heavy atom. The fraction of sp³-hybridized carbons (Fsp3) is 0.296. The molecule has 0 aromatic heterocycles. The molecule has 2 aromatic rings. The average molecular weight is 552 g/mol. The molecule has 8 nitrogen and oxygen atoms in total. The first-order chi connectivity index (χ1) is 17.1. The highest BCUT2D eigenvalue weighted by Crippen LogP contribution is 2.49. The summed E-state index contributed by atoms with van der Waals surface area (Å²) in [6.45, 7) is 3.70. The van der Waals surface area contributed by atoms with Gasteiger partial charge >= 0.3 is 0 Å². The van der Waals surface area contributed by atoms with Crippen LogP contribution in [0.25, 0.3) is 0 Å². The topological polar surface area (TPSA) is 124 Å². The molecule has 0 fully saturated rings. The third-order valence-corrected chi connectivity index (χ3v) is 6.58. The Kier molecular flexibility index (Phi) is 7.09. The van der Waals surface area contributed by atoms with Crippen molar-refractivity contribution in [3.63, 3.8) is 0 Å². The molecule has 36 heavy (non-hydrogen) atoms. The zero-order valence-corrected chi connectivity index (χ0v) is 21.8. The molecular formula is C27H26BrN3O5. The monoisotopic (exact) mass is 551 g/mol. The van der Waals surface area contributed by atoms with Crippen LogP contribution in [0.2, 0.25) is 0 Å².